The molecule has 7 nitrogen and oxygen atoms in total. The minimum absolute atomic E-state index is 0.122. The summed E-state index contributed by atoms with van der Waals surface area (Å²) in [7, 11) is -1.29. The maximum Gasteiger partial charge on any atom is 0.244 e. The summed E-state index contributed by atoms with van der Waals surface area (Å²) in [6, 6.07) is 11.6. The monoisotopic (exact) mass is 439 g/mol. The topological polar surface area (TPSA) is 86.8 Å². The van der Waals surface area contributed by atoms with Crippen LogP contribution in [0.5, 0.6) is 0 Å². The number of thioether (sulfide) groups is 1. The van der Waals surface area contributed by atoms with E-state index in [2.05, 4.69) is 5.32 Å². The summed E-state index contributed by atoms with van der Waals surface area (Å²) < 4.78 is 38.8. The van der Waals surface area contributed by atoms with Crippen molar-refractivity contribution >= 4 is 39.3 Å². The van der Waals surface area contributed by atoms with E-state index < -0.39 is 34.2 Å². The number of hydrogen-bond acceptors (Lipinski definition) is 5. The van der Waals surface area contributed by atoms with Gasteiger partial charge in [0.05, 0.1) is 23.7 Å². The Morgan fingerprint density at radius 1 is 1.03 bits per heavy atom. The molecular weight excluding hydrogens is 417 g/mol. The number of benzene rings is 2. The van der Waals surface area contributed by atoms with Crippen LogP contribution in [0.3, 0.4) is 0 Å². The van der Waals surface area contributed by atoms with Gasteiger partial charge in [-0.1, -0.05) is 12.1 Å². The minimum Gasteiger partial charge on any atom is -0.335 e. The first kappa shape index (κ1) is 22.9. The van der Waals surface area contributed by atoms with E-state index in [1.165, 1.54) is 25.9 Å². The number of nitrogens with one attached hydrogen (secondary N) is 1. The van der Waals surface area contributed by atoms with Crippen molar-refractivity contribution < 1.29 is 22.4 Å². The number of carbonyl (C=O) groups is 2. The number of hydrogen-bond donors (Lipinski definition) is 1. The van der Waals surface area contributed by atoms with Gasteiger partial charge in [-0.15, -0.1) is 11.8 Å². The van der Waals surface area contributed by atoms with Crippen LogP contribution in [0.25, 0.3) is 0 Å². The first-order valence-corrected chi connectivity index (χ1v) is 11.2. The Bertz CT molecular complexity index is 981. The molecule has 0 fully saturated rings. The molecule has 0 aromatic heterocycles. The van der Waals surface area contributed by atoms with Gasteiger partial charge < -0.3 is 10.2 Å². The highest BCUT2D eigenvalue weighted by atomic mass is 32.2. The molecule has 29 heavy (non-hydrogen) atoms. The molecule has 0 heterocycles. The van der Waals surface area contributed by atoms with Gasteiger partial charge >= 0.3 is 0 Å². The van der Waals surface area contributed by atoms with Crippen LogP contribution in [0.15, 0.2) is 58.3 Å². The summed E-state index contributed by atoms with van der Waals surface area (Å²) in [6.45, 7) is -0.684. The van der Waals surface area contributed by atoms with Gasteiger partial charge in [0.15, 0.2) is 0 Å². The molecule has 2 rings (SSSR count). The van der Waals surface area contributed by atoms with E-state index in [-0.39, 0.29) is 11.4 Å². The molecule has 2 amide bonds. The van der Waals surface area contributed by atoms with Crippen molar-refractivity contribution in [2.24, 2.45) is 0 Å². The average Bonchev–Trinajstić information content (AvgIpc) is 2.68. The molecule has 0 radical (unpaired) electrons. The molecule has 0 bridgehead atoms. The highest BCUT2D eigenvalue weighted by molar-refractivity contribution is 7.98. The largest absolute Gasteiger partial charge is 0.335 e. The predicted molar refractivity (Wildman–Crippen MR) is 111 cm³/mol. The third-order valence-electron chi connectivity index (χ3n) is 4.07. The Morgan fingerprint density at radius 2 is 1.66 bits per heavy atom. The van der Waals surface area contributed by atoms with Gasteiger partial charge in [0.25, 0.3) is 0 Å². The second kappa shape index (κ2) is 9.86. The number of anilines is 1. The molecule has 0 aliphatic rings. The van der Waals surface area contributed by atoms with Crippen LogP contribution in [0.1, 0.15) is 0 Å². The van der Waals surface area contributed by atoms with Gasteiger partial charge in [0.1, 0.15) is 5.82 Å². The first-order chi connectivity index (χ1) is 13.6. The number of amides is 2. The van der Waals surface area contributed by atoms with Crippen molar-refractivity contribution in [1.82, 2.24) is 9.21 Å². The molecule has 0 saturated heterocycles. The number of rotatable bonds is 8. The van der Waals surface area contributed by atoms with Crippen LogP contribution in [0, 0.1) is 5.82 Å². The number of nitrogens with zero attached hydrogens (tertiary/aromatic N) is 2. The summed E-state index contributed by atoms with van der Waals surface area (Å²) in [5.74, 6) is -1.51. The van der Waals surface area contributed by atoms with Crippen LogP contribution in [0.2, 0.25) is 0 Å². The van der Waals surface area contributed by atoms with Crippen molar-refractivity contribution in [1.29, 1.82) is 0 Å². The molecule has 0 atom stereocenters. The zero-order chi connectivity index (χ0) is 21.6. The second-order valence-electron chi connectivity index (χ2n) is 6.21. The molecular formula is C19H22FN3O4S2. The van der Waals surface area contributed by atoms with Gasteiger partial charge in [-0.3, -0.25) is 9.59 Å². The van der Waals surface area contributed by atoms with Gasteiger partial charge in [-0.05, 0) is 42.7 Å². The highest BCUT2D eigenvalue weighted by Crippen LogP contribution is 2.24. The number of para-hydroxylation sites is 1. The van der Waals surface area contributed by atoms with Crippen LogP contribution in [0.4, 0.5) is 10.1 Å². The lowest BCUT2D eigenvalue weighted by molar-refractivity contribution is -0.133. The zero-order valence-electron chi connectivity index (χ0n) is 16.3. The Morgan fingerprint density at radius 3 is 2.28 bits per heavy atom. The SMILES string of the molecule is CSc1ccccc1NC(=O)CN(C)C(=O)CN(C)S(=O)(=O)c1ccc(F)cc1. The maximum absolute atomic E-state index is 13.0. The average molecular weight is 440 g/mol. The second-order valence-corrected chi connectivity index (χ2v) is 9.11. The van der Waals surface area contributed by atoms with Gasteiger partial charge in [-0.25, -0.2) is 12.8 Å². The molecule has 0 unspecified atom stereocenters. The Hall–Kier alpha value is -2.43. The van der Waals surface area contributed by atoms with Gasteiger partial charge in [0.2, 0.25) is 21.8 Å². The molecule has 156 valence electrons. The Balaban J connectivity index is 1.97. The van der Waals surface area contributed by atoms with E-state index in [4.69, 9.17) is 0 Å². The molecule has 10 heteroatoms. The van der Waals surface area contributed by atoms with Crippen molar-refractivity contribution in [3.05, 3.63) is 54.3 Å². The summed E-state index contributed by atoms with van der Waals surface area (Å²) in [6.07, 6.45) is 1.89. The first-order valence-electron chi connectivity index (χ1n) is 8.54. The summed E-state index contributed by atoms with van der Waals surface area (Å²) in [4.78, 5) is 26.5. The molecule has 2 aromatic carbocycles. The summed E-state index contributed by atoms with van der Waals surface area (Å²) in [5.41, 5.74) is 0.641. The molecule has 0 spiro atoms. The molecule has 0 aliphatic carbocycles. The highest BCUT2D eigenvalue weighted by Gasteiger charge is 2.25. The van der Waals surface area contributed by atoms with Gasteiger partial charge in [0, 0.05) is 19.0 Å². The number of carbonyl (C=O) groups excluding carboxylic acids is 2. The number of sulfonamides is 1. The van der Waals surface area contributed by atoms with E-state index in [1.54, 1.807) is 12.1 Å². The van der Waals surface area contributed by atoms with Crippen molar-refractivity contribution in [3.63, 3.8) is 0 Å². The van der Waals surface area contributed by atoms with E-state index in [0.29, 0.717) is 5.69 Å². The van der Waals surface area contributed by atoms with Crippen LogP contribution < -0.4 is 5.32 Å². The van der Waals surface area contributed by atoms with E-state index in [0.717, 1.165) is 38.4 Å². The van der Waals surface area contributed by atoms with E-state index in [9.17, 15) is 22.4 Å². The van der Waals surface area contributed by atoms with Crippen molar-refractivity contribution in [3.8, 4) is 0 Å². The summed E-state index contributed by atoms with van der Waals surface area (Å²) >= 11 is 1.48. The van der Waals surface area contributed by atoms with Crippen LogP contribution >= 0.6 is 11.8 Å². The lowest BCUT2D eigenvalue weighted by Gasteiger charge is -2.21. The normalized spacial score (nSPS) is 11.3. The predicted octanol–water partition coefficient (Wildman–Crippen LogP) is 2.27. The summed E-state index contributed by atoms with van der Waals surface area (Å²) in [5, 5.41) is 2.74. The van der Waals surface area contributed by atoms with E-state index >= 15 is 0 Å². The minimum atomic E-state index is -3.95. The smallest absolute Gasteiger partial charge is 0.244 e. The molecule has 0 aliphatic heterocycles. The Labute approximate surface area is 173 Å². The third kappa shape index (κ3) is 6.02. The molecule has 2 aromatic rings. The van der Waals surface area contributed by atoms with Crippen LogP contribution in [-0.2, 0) is 19.6 Å². The lowest BCUT2D eigenvalue weighted by atomic mass is 10.3. The van der Waals surface area contributed by atoms with Crippen molar-refractivity contribution in [2.45, 2.75) is 9.79 Å². The fourth-order valence-corrected chi connectivity index (χ4v) is 4.10. The van der Waals surface area contributed by atoms with Crippen LogP contribution in [-0.4, -0.2) is 62.9 Å². The van der Waals surface area contributed by atoms with E-state index in [1.807, 2.05) is 18.4 Å². The molecule has 1 N–H and O–H groups in total. The number of likely N-dealkylation sites (N-methyl/N-ethyl adjacent to an activating group) is 2. The quantitative estimate of drug-likeness (QED) is 0.638. The number of halogens is 1. The fraction of sp³-hybridized carbons (Fsp3) is 0.263. The third-order valence-corrected chi connectivity index (χ3v) is 6.68. The lowest BCUT2D eigenvalue weighted by Crippen LogP contribution is -2.42. The van der Waals surface area contributed by atoms with Gasteiger partial charge in [-0.2, -0.15) is 4.31 Å². The zero-order valence-corrected chi connectivity index (χ0v) is 17.9. The Kier molecular flexibility index (Phi) is 7.77. The standard InChI is InChI=1S/C19H22FN3O4S2/c1-22(12-18(24)21-16-6-4-5-7-17(16)28-3)19(25)13-23(2)29(26,27)15-10-8-14(20)9-11-15/h4-11H,12-13H2,1-3H3,(H,21,24). The fourth-order valence-electron chi connectivity index (χ4n) is 2.42. The maximum atomic E-state index is 13.0. The van der Waals surface area contributed by atoms with Crippen molar-refractivity contribution in [2.75, 3.05) is 38.8 Å². The molecule has 0 saturated carbocycles.